The summed E-state index contributed by atoms with van der Waals surface area (Å²) in [6.07, 6.45) is 14.6. The van der Waals surface area contributed by atoms with Crippen LogP contribution in [-0.4, -0.2) is 74.4 Å². The van der Waals surface area contributed by atoms with Gasteiger partial charge in [0.1, 0.15) is 67.3 Å². The first kappa shape index (κ1) is 69.1. The van der Waals surface area contributed by atoms with Crippen LogP contribution in [0.25, 0.3) is 31.7 Å². The summed E-state index contributed by atoms with van der Waals surface area (Å²) in [5.74, 6) is 5.17. The van der Waals surface area contributed by atoms with E-state index in [4.69, 9.17) is 59.2 Å². The van der Waals surface area contributed by atoms with Crippen LogP contribution in [0.4, 0.5) is 34.9 Å². The first-order valence-corrected chi connectivity index (χ1v) is 34.3. The van der Waals surface area contributed by atoms with E-state index in [1.54, 1.807) is 40.9 Å². The van der Waals surface area contributed by atoms with Crippen LogP contribution in [0.3, 0.4) is 0 Å². The Labute approximate surface area is 541 Å². The van der Waals surface area contributed by atoms with Gasteiger partial charge in [-0.15, -0.1) is 34.0 Å². The fourth-order valence-electron chi connectivity index (χ4n) is 9.73. The summed E-state index contributed by atoms with van der Waals surface area (Å²) >= 11 is 6.78. The van der Waals surface area contributed by atoms with Gasteiger partial charge in [-0.05, 0) is 131 Å². The zero-order valence-electron chi connectivity index (χ0n) is 52.9. The van der Waals surface area contributed by atoms with Crippen molar-refractivity contribution in [1.29, 1.82) is 0 Å². The fourth-order valence-corrected chi connectivity index (χ4v) is 14.3. The molecule has 0 fully saturated rings. The van der Waals surface area contributed by atoms with Crippen molar-refractivity contribution in [2.75, 3.05) is 47.6 Å². The Hall–Kier alpha value is -7.34. The van der Waals surface area contributed by atoms with E-state index in [1.807, 2.05) is 37.3 Å². The van der Waals surface area contributed by atoms with Gasteiger partial charge in [0, 0.05) is 81.1 Å². The van der Waals surface area contributed by atoms with Gasteiger partial charge in [-0.1, -0.05) is 102 Å². The summed E-state index contributed by atoms with van der Waals surface area (Å²) in [5, 5.41) is 22.3. The molecule has 3 aromatic carbocycles. The van der Waals surface area contributed by atoms with E-state index in [9.17, 15) is 5.11 Å². The van der Waals surface area contributed by atoms with Gasteiger partial charge in [-0.2, -0.15) is 0 Å². The Balaban J connectivity index is 0.000000190. The second kappa shape index (κ2) is 34.6. The molecule has 0 aliphatic carbocycles. The maximum Gasteiger partial charge on any atom is 0.191 e. The summed E-state index contributed by atoms with van der Waals surface area (Å²) < 4.78 is 5.82. The minimum absolute atomic E-state index is 0.120. The van der Waals surface area contributed by atoms with Crippen molar-refractivity contribution in [1.82, 2.24) is 44.9 Å². The summed E-state index contributed by atoms with van der Waals surface area (Å²) in [7, 11) is 0. The summed E-state index contributed by atoms with van der Waals surface area (Å²) in [6, 6.07) is 24.1. The van der Waals surface area contributed by atoms with Gasteiger partial charge in [0.2, 0.25) is 0 Å². The predicted molar refractivity (Wildman–Crippen MR) is 372 cm³/mol. The van der Waals surface area contributed by atoms with Crippen molar-refractivity contribution in [2.45, 2.75) is 175 Å². The van der Waals surface area contributed by atoms with Crippen molar-refractivity contribution >= 4 is 80.7 Å². The summed E-state index contributed by atoms with van der Waals surface area (Å²) in [5.41, 5.74) is 47.8. The Kier molecular flexibility index (Phi) is 26.9. The first-order valence-electron chi connectivity index (χ1n) is 30.8. The highest BCUT2D eigenvalue weighted by atomic mass is 32.2. The molecular formula is C67H89N15O3S4. The molecule has 14 N–H and O–H groups in total. The second-order valence-electron chi connectivity index (χ2n) is 22.2. The van der Waals surface area contributed by atoms with Gasteiger partial charge in [0.25, 0.3) is 0 Å². The fraction of sp³-hybridized carbons (Fsp3) is 0.418. The smallest absolute Gasteiger partial charge is 0.191 e. The third kappa shape index (κ3) is 21.1. The molecule has 0 saturated heterocycles. The van der Waals surface area contributed by atoms with Crippen molar-refractivity contribution in [3.05, 3.63) is 144 Å². The van der Waals surface area contributed by atoms with E-state index >= 15 is 0 Å². The molecule has 0 bridgehead atoms. The third-order valence-corrected chi connectivity index (χ3v) is 18.9. The van der Waals surface area contributed by atoms with Gasteiger partial charge in [0.05, 0.1) is 29.8 Å². The lowest BCUT2D eigenvalue weighted by atomic mass is 10.00. The van der Waals surface area contributed by atoms with Crippen LogP contribution in [0.2, 0.25) is 0 Å². The lowest BCUT2D eigenvalue weighted by molar-refractivity contribution is 0.185. The Morgan fingerprint density at radius 3 is 1.31 bits per heavy atom. The zero-order chi connectivity index (χ0) is 64.0. The molecule has 22 heteroatoms. The molecule has 0 radical (unpaired) electrons. The van der Waals surface area contributed by atoms with Crippen LogP contribution in [0.1, 0.15) is 151 Å². The zero-order valence-corrected chi connectivity index (χ0v) is 56.1. The monoisotopic (exact) mass is 1280 g/mol. The summed E-state index contributed by atoms with van der Waals surface area (Å²) in [4.78, 5) is 44.5. The minimum Gasteiger partial charge on any atom is -0.493 e. The molecule has 0 aliphatic heterocycles. The van der Waals surface area contributed by atoms with E-state index in [1.165, 1.54) is 67.1 Å². The molecular weight excluding hydrogens is 1190 g/mol. The number of unbranched alkanes of at least 4 members (excludes halogenated alkanes) is 1. The molecule has 1 atom stereocenters. The van der Waals surface area contributed by atoms with E-state index in [0.29, 0.717) is 83.3 Å². The van der Waals surface area contributed by atoms with E-state index in [-0.39, 0.29) is 12.7 Å². The number of ether oxygens (including phenoxy) is 1. The lowest BCUT2D eigenvalue weighted by Crippen LogP contribution is -2.05. The van der Waals surface area contributed by atoms with Crippen LogP contribution in [0.5, 0.6) is 5.75 Å². The average molecular weight is 1280 g/mol. The molecule has 89 heavy (non-hydrogen) atoms. The molecule has 0 aliphatic rings. The number of aliphatic hydroxyl groups excluding tert-OH is 2. The number of benzene rings is 3. The molecule has 1 unspecified atom stereocenters. The molecule has 6 aromatic heterocycles. The number of thioether (sulfide) groups is 1. The molecule has 9 aromatic rings. The number of aryl methyl sites for hydroxylation is 12. The Morgan fingerprint density at radius 2 is 0.876 bits per heavy atom. The quantitative estimate of drug-likeness (QED) is 0.0128. The highest BCUT2D eigenvalue weighted by Crippen LogP contribution is 2.37. The number of hydrogen-bond acceptors (Lipinski definition) is 22. The predicted octanol–water partition coefficient (Wildman–Crippen LogP) is 13.4. The minimum atomic E-state index is -0.293. The third-order valence-electron chi connectivity index (χ3n) is 14.5. The molecule has 9 rings (SSSR count). The topological polar surface area (TPSA) is 322 Å². The number of nitrogen functional groups attached to an aromatic ring is 6. The Morgan fingerprint density at radius 1 is 0.461 bits per heavy atom. The van der Waals surface area contributed by atoms with Gasteiger partial charge in [-0.3, -0.25) is 0 Å². The largest absolute Gasteiger partial charge is 0.493 e. The van der Waals surface area contributed by atoms with Crippen LogP contribution in [-0.2, 0) is 63.5 Å². The number of anilines is 6. The van der Waals surface area contributed by atoms with Crippen molar-refractivity contribution in [3.8, 4) is 37.5 Å². The van der Waals surface area contributed by atoms with Crippen LogP contribution in [0, 0.1) is 20.8 Å². The van der Waals surface area contributed by atoms with Gasteiger partial charge in [0.15, 0.2) is 5.16 Å². The van der Waals surface area contributed by atoms with Crippen molar-refractivity contribution in [3.63, 3.8) is 0 Å². The van der Waals surface area contributed by atoms with Crippen LogP contribution < -0.4 is 39.1 Å². The van der Waals surface area contributed by atoms with E-state index in [0.717, 1.165) is 125 Å². The molecule has 18 nitrogen and oxygen atoms in total. The molecule has 0 amide bonds. The molecule has 0 saturated carbocycles. The number of nitrogens with two attached hydrogens (primary N) is 6. The molecule has 6 heterocycles. The lowest BCUT2D eigenvalue weighted by Gasteiger charge is -2.09. The highest BCUT2D eigenvalue weighted by Gasteiger charge is 2.19. The van der Waals surface area contributed by atoms with Gasteiger partial charge in [-0.25, -0.2) is 44.9 Å². The maximum absolute atomic E-state index is 9.64. The number of rotatable bonds is 28. The van der Waals surface area contributed by atoms with Gasteiger partial charge >= 0.3 is 0 Å². The first-order chi connectivity index (χ1) is 42.8. The Bertz CT molecular complexity index is 3660. The highest BCUT2D eigenvalue weighted by molar-refractivity contribution is 7.98. The second-order valence-corrected chi connectivity index (χ2v) is 26.3. The van der Waals surface area contributed by atoms with Crippen molar-refractivity contribution in [2.24, 2.45) is 0 Å². The van der Waals surface area contributed by atoms with Crippen molar-refractivity contribution < 1.29 is 14.9 Å². The number of aromatic nitrogens is 9. The van der Waals surface area contributed by atoms with Crippen LogP contribution >= 0.6 is 45.8 Å². The number of thiazole rings is 3. The SMILES string of the molecule is CCCCc1cc(-c2nc(CCc3nc(N)cc(N)n3)c(CCC)s2)ccc1C.CCCc1sc(-c2ccc(C)c(CCC(C)O)c2)nc1CCc1nc(N)cc(N)n1.CCCc1sc(-c2ccc(C)c(OCCCO)c2)nc1CSc1nc(N)cc(N)n1. The standard InChI is InChI=1S/C23H31N5OS.C23H31N5S.C21H27N5O2S2/c1-4-5-19-18(10-11-22-27-20(24)13-21(25)28-22)26-23(30-19)17-8-6-14(2)16(12-17)9-7-15(3)29;1-4-6-8-16-13-17(10-9-15(16)3)23-26-18(19(29-23)7-5-2)11-12-22-27-20(24)14-21(25)28-22;1-3-5-17-15(12-29-21-25-18(22)11-19(23)26-21)24-20(30-17)14-7-6-13(2)16(10-14)28-9-4-8-27/h6,8,12-13,15,29H,4-5,7,9-11H2,1-3H3,(H4,24,25,27,28);9-10,13-14H,4-8,11-12H2,1-3H3,(H4,24,25,27,28);6-7,10-11,27H,3-5,8-9,12H2,1-2H3,(H4,22,23,25,26). The van der Waals surface area contributed by atoms with E-state index < -0.39 is 0 Å². The normalized spacial score (nSPS) is 11.5. The number of hydrogen-bond donors (Lipinski definition) is 8. The van der Waals surface area contributed by atoms with E-state index in [2.05, 4.69) is 114 Å². The number of nitrogens with zero attached hydrogens (tertiary/aromatic N) is 9. The summed E-state index contributed by atoms with van der Waals surface area (Å²) in [6.45, 7) is 17.6. The van der Waals surface area contributed by atoms with Gasteiger partial charge < -0.3 is 49.4 Å². The van der Waals surface area contributed by atoms with Crippen LogP contribution in [0.15, 0.2) is 78.0 Å². The average Bonchev–Trinajstić information content (AvgIpc) is 3.97. The maximum atomic E-state index is 9.64. The molecule has 0 spiro atoms. The molecule has 474 valence electrons. The number of aliphatic hydroxyl groups is 2.